The summed E-state index contributed by atoms with van der Waals surface area (Å²) in [7, 11) is 0. The minimum absolute atomic E-state index is 0.183. The molecule has 0 fully saturated rings. The molecule has 4 nitrogen and oxygen atoms in total. The Balaban J connectivity index is 0.912. The molecule has 17 rings (SSSR count). The highest BCUT2D eigenvalue weighted by Gasteiger charge is 2.49. The highest BCUT2D eigenvalue weighted by Crippen LogP contribution is 2.63. The highest BCUT2D eigenvalue weighted by molar-refractivity contribution is 6.18. The molecule has 14 aromatic rings. The van der Waals surface area contributed by atoms with Crippen molar-refractivity contribution in [3.8, 4) is 28.0 Å². The molecule has 400 valence electrons. The van der Waals surface area contributed by atoms with Crippen molar-refractivity contribution in [3.63, 3.8) is 0 Å². The SMILES string of the molecule is C1=C(c2cccc(N(c3ccccc3)c3cc4c(c5ccccc35)-c3c(cc(N(c5ccccc5)c5cccc(-c6ccc7oc8ccccc8c7c6)c5)c5ccccc35)C4(c3ccccc3)c3ccccc3)c2)CC2C(=C1)Oc1ccccc12. The predicted molar refractivity (Wildman–Crippen MR) is 351 cm³/mol. The van der Waals surface area contributed by atoms with E-state index in [-0.39, 0.29) is 5.92 Å². The fraction of sp³-hybridized carbons (Fsp3) is 0.0370. The standard InChI is InChI=1S/C81H54N2O2/c1-5-25-57(26-6-1)81(58-27-7-2-8-28-58)71-51-73(82(59-29-9-3-10-30-59)61-33-21-23-53(47-61)55-43-45-77-69(49-55)65-37-17-19-41-75(65)84-77)63-35-13-15-39-67(63)79(71)80-68-40-16-14-36-64(68)74(52-72(80)81)83(60-31-11-4-12-32-60)62-34-22-24-54(48-62)56-44-46-78-70(50-56)66-38-18-20-42-76(66)85-78/h1-49,51-52,70H,50H2. The van der Waals surface area contributed by atoms with Gasteiger partial charge in [-0.25, -0.2) is 0 Å². The Morgan fingerprint density at radius 1 is 0.341 bits per heavy atom. The van der Waals surface area contributed by atoms with Crippen LogP contribution < -0.4 is 14.5 Å². The predicted octanol–water partition coefficient (Wildman–Crippen LogP) is 21.7. The van der Waals surface area contributed by atoms with Crippen LogP contribution in [0.4, 0.5) is 34.1 Å². The van der Waals surface area contributed by atoms with Crippen molar-refractivity contribution in [1.82, 2.24) is 0 Å². The Morgan fingerprint density at radius 3 is 1.42 bits per heavy atom. The third-order valence-electron chi connectivity index (χ3n) is 18.1. The monoisotopic (exact) mass is 1090 g/mol. The lowest BCUT2D eigenvalue weighted by Crippen LogP contribution is -2.29. The van der Waals surface area contributed by atoms with Crippen LogP contribution in [0.2, 0.25) is 0 Å². The first-order valence-corrected chi connectivity index (χ1v) is 29.4. The summed E-state index contributed by atoms with van der Waals surface area (Å²) in [5, 5.41) is 6.94. The topological polar surface area (TPSA) is 28.9 Å². The lowest BCUT2D eigenvalue weighted by molar-refractivity contribution is 0.426. The molecule has 13 aromatic carbocycles. The average molecular weight is 1090 g/mol. The van der Waals surface area contributed by atoms with E-state index >= 15 is 0 Å². The maximum atomic E-state index is 6.38. The molecule has 3 aliphatic rings. The van der Waals surface area contributed by atoms with Gasteiger partial charge in [0.25, 0.3) is 0 Å². The maximum absolute atomic E-state index is 6.38. The van der Waals surface area contributed by atoms with E-state index in [9.17, 15) is 0 Å². The number of fused-ring (bicyclic) bond motifs is 13. The minimum Gasteiger partial charge on any atom is -0.461 e. The summed E-state index contributed by atoms with van der Waals surface area (Å²) in [6.45, 7) is 0. The molecule has 0 saturated heterocycles. The Hall–Kier alpha value is -10.9. The number of nitrogens with zero attached hydrogens (tertiary/aromatic N) is 2. The van der Waals surface area contributed by atoms with Crippen molar-refractivity contribution in [2.75, 3.05) is 9.80 Å². The third kappa shape index (κ3) is 7.69. The van der Waals surface area contributed by atoms with Crippen molar-refractivity contribution < 1.29 is 9.15 Å². The normalized spacial score (nSPS) is 14.5. The minimum atomic E-state index is -0.793. The highest BCUT2D eigenvalue weighted by atomic mass is 16.5. The molecule has 1 atom stereocenters. The summed E-state index contributed by atoms with van der Waals surface area (Å²) < 4.78 is 12.7. The van der Waals surface area contributed by atoms with Gasteiger partial charge in [-0.2, -0.15) is 0 Å². The van der Waals surface area contributed by atoms with Crippen molar-refractivity contribution >= 4 is 83.2 Å². The van der Waals surface area contributed by atoms with E-state index in [1.807, 2.05) is 12.1 Å². The van der Waals surface area contributed by atoms with Crippen LogP contribution in [-0.4, -0.2) is 0 Å². The molecule has 1 unspecified atom stereocenters. The van der Waals surface area contributed by atoms with Gasteiger partial charge in [-0.1, -0.05) is 218 Å². The van der Waals surface area contributed by atoms with Crippen LogP contribution in [0, 0.1) is 0 Å². The smallest absolute Gasteiger partial charge is 0.135 e. The summed E-state index contributed by atoms with van der Waals surface area (Å²) in [5.41, 5.74) is 20.8. The first-order valence-electron chi connectivity index (χ1n) is 29.4. The van der Waals surface area contributed by atoms with E-state index in [0.717, 1.165) is 90.5 Å². The van der Waals surface area contributed by atoms with Gasteiger partial charge in [0.15, 0.2) is 0 Å². The molecule has 1 aliphatic heterocycles. The number of hydrogen-bond acceptors (Lipinski definition) is 4. The van der Waals surface area contributed by atoms with Crippen LogP contribution in [0.25, 0.3) is 71.3 Å². The van der Waals surface area contributed by atoms with Gasteiger partial charge in [0, 0.05) is 55.8 Å². The van der Waals surface area contributed by atoms with Crippen molar-refractivity contribution in [1.29, 1.82) is 0 Å². The largest absolute Gasteiger partial charge is 0.461 e. The van der Waals surface area contributed by atoms with Crippen LogP contribution >= 0.6 is 0 Å². The van der Waals surface area contributed by atoms with Crippen LogP contribution in [0.1, 0.15) is 45.7 Å². The number of furan rings is 1. The number of rotatable bonds is 10. The molecule has 4 heteroatoms. The zero-order chi connectivity index (χ0) is 56.0. The first-order chi connectivity index (χ1) is 42.2. The van der Waals surface area contributed by atoms with E-state index < -0.39 is 5.41 Å². The Labute approximate surface area is 493 Å². The molecule has 0 amide bonds. The number of hydrogen-bond donors (Lipinski definition) is 0. The van der Waals surface area contributed by atoms with Gasteiger partial charge < -0.3 is 19.0 Å². The molecular weight excluding hydrogens is 1030 g/mol. The third-order valence-corrected chi connectivity index (χ3v) is 18.1. The van der Waals surface area contributed by atoms with Crippen LogP contribution in [0.15, 0.2) is 320 Å². The number of allylic oxidation sites excluding steroid dienone is 4. The van der Waals surface area contributed by atoms with E-state index in [0.29, 0.717) is 0 Å². The molecule has 1 aromatic heterocycles. The maximum Gasteiger partial charge on any atom is 0.135 e. The summed E-state index contributed by atoms with van der Waals surface area (Å²) in [6, 6.07) is 109. The second-order valence-electron chi connectivity index (χ2n) is 22.6. The van der Waals surface area contributed by atoms with E-state index in [1.165, 1.54) is 66.2 Å². The zero-order valence-electron chi connectivity index (χ0n) is 46.4. The van der Waals surface area contributed by atoms with Gasteiger partial charge >= 0.3 is 0 Å². The van der Waals surface area contributed by atoms with Crippen molar-refractivity contribution in [3.05, 3.63) is 349 Å². The molecule has 0 saturated carbocycles. The lowest BCUT2D eigenvalue weighted by atomic mass is 9.67. The summed E-state index contributed by atoms with van der Waals surface area (Å²) >= 11 is 0. The number of anilines is 6. The Morgan fingerprint density at radius 2 is 0.812 bits per heavy atom. The van der Waals surface area contributed by atoms with Gasteiger partial charge in [-0.15, -0.1) is 0 Å². The van der Waals surface area contributed by atoms with Gasteiger partial charge in [-0.05, 0) is 164 Å². The summed E-state index contributed by atoms with van der Waals surface area (Å²) in [6.07, 6.45) is 5.30. The van der Waals surface area contributed by atoms with E-state index in [1.54, 1.807) is 0 Å². The van der Waals surface area contributed by atoms with E-state index in [2.05, 4.69) is 307 Å². The molecule has 0 bridgehead atoms. The number of para-hydroxylation sites is 4. The summed E-state index contributed by atoms with van der Waals surface area (Å²) in [5.74, 6) is 2.17. The molecule has 2 aliphatic carbocycles. The van der Waals surface area contributed by atoms with Crippen LogP contribution in [0.3, 0.4) is 0 Å². The fourth-order valence-corrected chi connectivity index (χ4v) is 14.4. The van der Waals surface area contributed by atoms with Gasteiger partial charge in [0.2, 0.25) is 0 Å². The zero-order valence-corrected chi connectivity index (χ0v) is 46.4. The number of ether oxygens (including phenoxy) is 1. The van der Waals surface area contributed by atoms with Gasteiger partial charge in [0.05, 0.1) is 16.8 Å². The van der Waals surface area contributed by atoms with Crippen molar-refractivity contribution in [2.45, 2.75) is 17.8 Å². The van der Waals surface area contributed by atoms with Crippen molar-refractivity contribution in [2.24, 2.45) is 0 Å². The molecule has 85 heavy (non-hydrogen) atoms. The molecule has 0 radical (unpaired) electrons. The molecule has 0 spiro atoms. The Kier molecular flexibility index (Phi) is 11.2. The van der Waals surface area contributed by atoms with E-state index in [4.69, 9.17) is 9.15 Å². The second-order valence-corrected chi connectivity index (χ2v) is 22.6. The van der Waals surface area contributed by atoms with Crippen LogP contribution in [-0.2, 0) is 5.41 Å². The summed E-state index contributed by atoms with van der Waals surface area (Å²) in [4.78, 5) is 4.97. The average Bonchev–Trinajstić information content (AvgIpc) is 1.58. The Bertz CT molecular complexity index is 4980. The lowest BCUT2D eigenvalue weighted by Gasteiger charge is -2.36. The first kappa shape index (κ1) is 48.7. The van der Waals surface area contributed by atoms with Gasteiger partial charge in [-0.3, -0.25) is 0 Å². The molecule has 2 heterocycles. The molecular formula is C81H54N2O2. The second kappa shape index (κ2) is 19.6. The fourth-order valence-electron chi connectivity index (χ4n) is 14.4. The van der Waals surface area contributed by atoms with Gasteiger partial charge in [0.1, 0.15) is 22.7 Å². The van der Waals surface area contributed by atoms with Crippen LogP contribution in [0.5, 0.6) is 5.75 Å². The quantitative estimate of drug-likeness (QED) is 0.136. The number of benzene rings is 13. The molecule has 0 N–H and O–H groups in total.